The molecule has 2 heterocycles. The number of hydrogen-bond donors (Lipinski definition) is 2. The summed E-state index contributed by atoms with van der Waals surface area (Å²) in [5.41, 5.74) is 0. The van der Waals surface area contributed by atoms with Crippen LogP contribution < -0.4 is 10.6 Å². The molecule has 2 rings (SSSR count). The van der Waals surface area contributed by atoms with Crippen LogP contribution in [-0.4, -0.2) is 39.9 Å². The molecule has 0 radical (unpaired) electrons. The summed E-state index contributed by atoms with van der Waals surface area (Å²) in [7, 11) is 0. The number of fused-ring (bicyclic) bond motifs is 1. The van der Waals surface area contributed by atoms with Crippen LogP contribution in [0, 0.1) is 0 Å². The predicted octanol–water partition coefficient (Wildman–Crippen LogP) is 3.69. The van der Waals surface area contributed by atoms with E-state index in [4.69, 9.17) is 4.99 Å². The van der Waals surface area contributed by atoms with Gasteiger partial charge in [-0.05, 0) is 33.1 Å². The van der Waals surface area contributed by atoms with E-state index in [1.165, 1.54) is 44.9 Å². The molecule has 0 spiro atoms. The highest BCUT2D eigenvalue weighted by molar-refractivity contribution is 14.0. The molecule has 7 heteroatoms. The van der Waals surface area contributed by atoms with E-state index < -0.39 is 0 Å². The molecule has 0 fully saturated rings. The molecule has 0 aromatic carbocycles. The van der Waals surface area contributed by atoms with Gasteiger partial charge >= 0.3 is 0 Å². The molecule has 26 heavy (non-hydrogen) atoms. The summed E-state index contributed by atoms with van der Waals surface area (Å²) in [4.78, 5) is 4.74. The van der Waals surface area contributed by atoms with Gasteiger partial charge < -0.3 is 15.2 Å². The van der Waals surface area contributed by atoms with Crippen LogP contribution in [0.25, 0.3) is 0 Å². The molecular weight excluding hydrogens is 439 g/mol. The van der Waals surface area contributed by atoms with Crippen LogP contribution in [0.1, 0.15) is 77.4 Å². The fourth-order valence-electron chi connectivity index (χ4n) is 3.32. The van der Waals surface area contributed by atoms with E-state index in [1.54, 1.807) is 0 Å². The van der Waals surface area contributed by atoms with Crippen LogP contribution in [-0.2, 0) is 19.4 Å². The first-order valence-electron chi connectivity index (χ1n) is 10.2. The van der Waals surface area contributed by atoms with Gasteiger partial charge in [0, 0.05) is 38.5 Å². The molecule has 0 aliphatic carbocycles. The Labute approximate surface area is 176 Å². The summed E-state index contributed by atoms with van der Waals surface area (Å²) in [6, 6.07) is 0.453. The van der Waals surface area contributed by atoms with Crippen LogP contribution in [0.2, 0.25) is 0 Å². The molecule has 1 aromatic rings. The summed E-state index contributed by atoms with van der Waals surface area (Å²) < 4.78 is 2.32. The Hall–Kier alpha value is -0.860. The van der Waals surface area contributed by atoms with E-state index in [-0.39, 0.29) is 24.0 Å². The summed E-state index contributed by atoms with van der Waals surface area (Å²) in [5.74, 6) is 3.17. The van der Waals surface area contributed by atoms with Crippen molar-refractivity contribution in [3.8, 4) is 0 Å². The van der Waals surface area contributed by atoms with E-state index in [0.717, 1.165) is 50.1 Å². The van der Waals surface area contributed by atoms with E-state index in [0.29, 0.717) is 6.04 Å². The Balaban J connectivity index is 0.00000338. The Morgan fingerprint density at radius 3 is 2.81 bits per heavy atom. The van der Waals surface area contributed by atoms with Crippen molar-refractivity contribution in [1.29, 1.82) is 0 Å². The van der Waals surface area contributed by atoms with Crippen molar-refractivity contribution < 1.29 is 0 Å². The first-order valence-corrected chi connectivity index (χ1v) is 10.2. The van der Waals surface area contributed by atoms with Crippen LogP contribution in [0.5, 0.6) is 0 Å². The van der Waals surface area contributed by atoms with Crippen molar-refractivity contribution in [2.24, 2.45) is 4.99 Å². The molecule has 0 saturated heterocycles. The molecule has 6 nitrogen and oxygen atoms in total. The lowest BCUT2D eigenvalue weighted by Crippen LogP contribution is -2.42. The summed E-state index contributed by atoms with van der Waals surface area (Å²) in [6.07, 6.45) is 10.7. The quantitative estimate of drug-likeness (QED) is 0.247. The Morgan fingerprint density at radius 1 is 1.19 bits per heavy atom. The Bertz CT molecular complexity index is 528. The number of guanidine groups is 1. The topological polar surface area (TPSA) is 67.1 Å². The molecule has 0 amide bonds. The molecule has 0 bridgehead atoms. The standard InChI is InChI=1S/C19H36N6.HI/c1-4-6-8-11-16(3)22-19(20-5-2)21-14-13-18-24-23-17-12-9-7-10-15-25(17)18;/h16H,4-15H2,1-3H3,(H2,20,21,22);1H. The van der Waals surface area contributed by atoms with Gasteiger partial charge in [-0.3, -0.25) is 4.99 Å². The van der Waals surface area contributed by atoms with Gasteiger partial charge in [0.1, 0.15) is 11.6 Å². The number of aryl methyl sites for hydroxylation is 1. The fraction of sp³-hybridized carbons (Fsp3) is 0.842. The van der Waals surface area contributed by atoms with Crippen LogP contribution in [0.3, 0.4) is 0 Å². The van der Waals surface area contributed by atoms with Crippen molar-refractivity contribution in [2.75, 3.05) is 13.1 Å². The number of hydrogen-bond acceptors (Lipinski definition) is 3. The van der Waals surface area contributed by atoms with E-state index in [9.17, 15) is 0 Å². The molecular formula is C19H37IN6. The lowest BCUT2D eigenvalue weighted by atomic mass is 10.1. The zero-order valence-electron chi connectivity index (χ0n) is 16.8. The molecule has 1 aromatic heterocycles. The third kappa shape index (κ3) is 7.80. The largest absolute Gasteiger partial charge is 0.357 e. The second-order valence-electron chi connectivity index (χ2n) is 7.05. The van der Waals surface area contributed by atoms with Gasteiger partial charge in [0.15, 0.2) is 5.96 Å². The second-order valence-corrected chi connectivity index (χ2v) is 7.05. The highest BCUT2D eigenvalue weighted by Crippen LogP contribution is 2.14. The maximum absolute atomic E-state index is 4.74. The highest BCUT2D eigenvalue weighted by atomic mass is 127. The number of halogens is 1. The normalized spacial score (nSPS) is 15.6. The van der Waals surface area contributed by atoms with E-state index >= 15 is 0 Å². The monoisotopic (exact) mass is 476 g/mol. The molecule has 2 N–H and O–H groups in total. The average Bonchev–Trinajstić information content (AvgIpc) is 2.82. The maximum atomic E-state index is 4.74. The number of rotatable bonds is 9. The third-order valence-corrected chi connectivity index (χ3v) is 4.76. The number of aromatic nitrogens is 3. The summed E-state index contributed by atoms with van der Waals surface area (Å²) >= 11 is 0. The van der Waals surface area contributed by atoms with Gasteiger partial charge in [0.05, 0.1) is 0 Å². The number of nitrogens with zero attached hydrogens (tertiary/aromatic N) is 4. The number of unbranched alkanes of at least 4 members (excludes halogenated alkanes) is 2. The SMILES string of the molecule is CCCCCC(C)NC(=NCCc1nnc2n1CCCCC2)NCC.I. The highest BCUT2D eigenvalue weighted by Gasteiger charge is 2.14. The minimum atomic E-state index is 0. The van der Waals surface area contributed by atoms with Crippen molar-refractivity contribution in [1.82, 2.24) is 25.4 Å². The Kier molecular flexibility index (Phi) is 11.9. The number of aliphatic imine (C=N–C) groups is 1. The summed E-state index contributed by atoms with van der Waals surface area (Å²) in [5, 5.41) is 15.6. The van der Waals surface area contributed by atoms with Gasteiger partial charge in [-0.15, -0.1) is 34.2 Å². The molecule has 150 valence electrons. The molecule has 1 atom stereocenters. The zero-order valence-corrected chi connectivity index (χ0v) is 19.1. The summed E-state index contributed by atoms with van der Waals surface area (Å²) in [6.45, 7) is 9.28. The first-order chi connectivity index (χ1) is 12.2. The fourth-order valence-corrected chi connectivity index (χ4v) is 3.32. The minimum Gasteiger partial charge on any atom is -0.357 e. The molecule has 1 aliphatic rings. The predicted molar refractivity (Wildman–Crippen MR) is 119 cm³/mol. The molecule has 0 saturated carbocycles. The smallest absolute Gasteiger partial charge is 0.191 e. The van der Waals surface area contributed by atoms with Crippen LogP contribution in [0.4, 0.5) is 0 Å². The Morgan fingerprint density at radius 2 is 2.04 bits per heavy atom. The zero-order chi connectivity index (χ0) is 17.9. The van der Waals surface area contributed by atoms with Gasteiger partial charge in [-0.25, -0.2) is 0 Å². The molecule has 1 unspecified atom stereocenters. The average molecular weight is 476 g/mol. The van der Waals surface area contributed by atoms with Crippen molar-refractivity contribution in [3.63, 3.8) is 0 Å². The van der Waals surface area contributed by atoms with Crippen LogP contribution >= 0.6 is 24.0 Å². The van der Waals surface area contributed by atoms with Crippen molar-refractivity contribution in [3.05, 3.63) is 11.6 Å². The van der Waals surface area contributed by atoms with Crippen molar-refractivity contribution >= 4 is 29.9 Å². The maximum Gasteiger partial charge on any atom is 0.191 e. The van der Waals surface area contributed by atoms with Gasteiger partial charge in [0.25, 0.3) is 0 Å². The second kappa shape index (κ2) is 13.3. The van der Waals surface area contributed by atoms with Crippen molar-refractivity contribution in [2.45, 2.75) is 91.1 Å². The van der Waals surface area contributed by atoms with Gasteiger partial charge in [-0.1, -0.05) is 32.6 Å². The lowest BCUT2D eigenvalue weighted by molar-refractivity contribution is 0.546. The molecule has 1 aliphatic heterocycles. The van der Waals surface area contributed by atoms with Gasteiger partial charge in [0.2, 0.25) is 0 Å². The minimum absolute atomic E-state index is 0. The first kappa shape index (κ1) is 23.2. The number of nitrogens with one attached hydrogen (secondary N) is 2. The van der Waals surface area contributed by atoms with E-state index in [1.807, 2.05) is 0 Å². The third-order valence-electron chi connectivity index (χ3n) is 4.76. The van der Waals surface area contributed by atoms with E-state index in [2.05, 4.69) is 46.2 Å². The van der Waals surface area contributed by atoms with Crippen LogP contribution in [0.15, 0.2) is 4.99 Å². The lowest BCUT2D eigenvalue weighted by Gasteiger charge is -2.17. The van der Waals surface area contributed by atoms with Gasteiger partial charge in [-0.2, -0.15) is 0 Å².